The van der Waals surface area contributed by atoms with Crippen LogP contribution in [-0.4, -0.2) is 42.1 Å². The summed E-state index contributed by atoms with van der Waals surface area (Å²) >= 11 is 12.1. The number of nitrogens with one attached hydrogen (secondary N) is 2. The summed E-state index contributed by atoms with van der Waals surface area (Å²) in [6.45, 7) is 1.73. The summed E-state index contributed by atoms with van der Waals surface area (Å²) in [6, 6.07) is 7.06. The van der Waals surface area contributed by atoms with E-state index in [1.54, 1.807) is 18.2 Å². The monoisotopic (exact) mass is 325 g/mol. The predicted octanol–water partition coefficient (Wildman–Crippen LogP) is 3.50. The SMILES string of the molecule is CN(C)CCNc1cc(Nc2cc(Cl)ccc2Cl)ncn1. The number of hydrogen-bond donors (Lipinski definition) is 2. The zero-order valence-electron chi connectivity index (χ0n) is 11.9. The first-order chi connectivity index (χ1) is 10.0. The fourth-order valence-corrected chi connectivity index (χ4v) is 2.00. The molecule has 7 heteroatoms. The maximum Gasteiger partial charge on any atom is 0.135 e. The first kappa shape index (κ1) is 15.8. The third-order valence-corrected chi connectivity index (χ3v) is 3.29. The van der Waals surface area contributed by atoms with Crippen LogP contribution in [0.5, 0.6) is 0 Å². The van der Waals surface area contributed by atoms with Crippen LogP contribution in [0.4, 0.5) is 17.3 Å². The first-order valence-corrected chi connectivity index (χ1v) is 7.23. The molecule has 21 heavy (non-hydrogen) atoms. The number of benzene rings is 1. The van der Waals surface area contributed by atoms with Crippen molar-refractivity contribution in [2.45, 2.75) is 0 Å². The van der Waals surface area contributed by atoms with E-state index in [4.69, 9.17) is 23.2 Å². The molecule has 0 unspecified atom stereocenters. The van der Waals surface area contributed by atoms with E-state index in [0.29, 0.717) is 21.6 Å². The third kappa shape index (κ3) is 5.04. The van der Waals surface area contributed by atoms with Crippen LogP contribution in [0, 0.1) is 0 Å². The lowest BCUT2D eigenvalue weighted by molar-refractivity contribution is 0.425. The van der Waals surface area contributed by atoms with E-state index in [9.17, 15) is 0 Å². The fraction of sp³-hybridized carbons (Fsp3) is 0.286. The summed E-state index contributed by atoms with van der Waals surface area (Å²) in [4.78, 5) is 10.4. The van der Waals surface area contributed by atoms with E-state index >= 15 is 0 Å². The van der Waals surface area contributed by atoms with Gasteiger partial charge in [-0.05, 0) is 32.3 Å². The van der Waals surface area contributed by atoms with E-state index in [0.717, 1.165) is 18.9 Å². The quantitative estimate of drug-likeness (QED) is 0.851. The second kappa shape index (κ2) is 7.45. The molecule has 1 aromatic carbocycles. The van der Waals surface area contributed by atoms with Gasteiger partial charge in [0, 0.05) is 24.2 Å². The Morgan fingerprint density at radius 1 is 1.10 bits per heavy atom. The number of rotatable bonds is 6. The van der Waals surface area contributed by atoms with Gasteiger partial charge in [-0.1, -0.05) is 23.2 Å². The number of halogens is 2. The molecule has 2 aromatic rings. The molecule has 0 aliphatic rings. The van der Waals surface area contributed by atoms with Crippen LogP contribution in [0.15, 0.2) is 30.6 Å². The number of likely N-dealkylation sites (N-methyl/N-ethyl adjacent to an activating group) is 1. The summed E-state index contributed by atoms with van der Waals surface area (Å²) in [5, 5.41) is 7.57. The van der Waals surface area contributed by atoms with Crippen molar-refractivity contribution in [2.75, 3.05) is 37.8 Å². The van der Waals surface area contributed by atoms with Gasteiger partial charge in [-0.2, -0.15) is 0 Å². The highest BCUT2D eigenvalue weighted by molar-refractivity contribution is 6.35. The third-order valence-electron chi connectivity index (χ3n) is 2.72. The average molecular weight is 326 g/mol. The lowest BCUT2D eigenvalue weighted by Crippen LogP contribution is -2.21. The van der Waals surface area contributed by atoms with Gasteiger partial charge in [-0.3, -0.25) is 0 Å². The Hall–Kier alpha value is -1.56. The second-order valence-corrected chi connectivity index (χ2v) is 5.61. The van der Waals surface area contributed by atoms with Crippen molar-refractivity contribution >= 4 is 40.5 Å². The summed E-state index contributed by atoms with van der Waals surface area (Å²) in [5.41, 5.74) is 0.710. The van der Waals surface area contributed by atoms with Gasteiger partial charge in [0.25, 0.3) is 0 Å². The molecule has 0 amide bonds. The summed E-state index contributed by atoms with van der Waals surface area (Å²) in [5.74, 6) is 1.41. The van der Waals surface area contributed by atoms with Crippen LogP contribution in [0.3, 0.4) is 0 Å². The Morgan fingerprint density at radius 2 is 1.86 bits per heavy atom. The first-order valence-electron chi connectivity index (χ1n) is 6.47. The van der Waals surface area contributed by atoms with Gasteiger partial charge >= 0.3 is 0 Å². The van der Waals surface area contributed by atoms with Crippen molar-refractivity contribution in [3.63, 3.8) is 0 Å². The summed E-state index contributed by atoms with van der Waals surface area (Å²) < 4.78 is 0. The van der Waals surface area contributed by atoms with Gasteiger partial charge in [-0.25, -0.2) is 9.97 Å². The van der Waals surface area contributed by atoms with Crippen LogP contribution in [0.25, 0.3) is 0 Å². The Bertz CT molecular complexity index is 604. The van der Waals surface area contributed by atoms with Crippen molar-refractivity contribution in [1.82, 2.24) is 14.9 Å². The summed E-state index contributed by atoms with van der Waals surface area (Å²) in [7, 11) is 4.05. The van der Waals surface area contributed by atoms with Gasteiger partial charge in [-0.15, -0.1) is 0 Å². The van der Waals surface area contributed by atoms with Crippen molar-refractivity contribution in [3.05, 3.63) is 40.6 Å². The van der Waals surface area contributed by atoms with Crippen LogP contribution >= 0.6 is 23.2 Å². The minimum absolute atomic E-state index is 0.583. The van der Waals surface area contributed by atoms with Gasteiger partial charge in [0.2, 0.25) is 0 Å². The second-order valence-electron chi connectivity index (χ2n) is 4.77. The fourth-order valence-electron chi connectivity index (χ4n) is 1.66. The molecular formula is C14H17Cl2N5. The molecular weight excluding hydrogens is 309 g/mol. The molecule has 2 N–H and O–H groups in total. The molecule has 0 bridgehead atoms. The molecule has 2 rings (SSSR count). The highest BCUT2D eigenvalue weighted by atomic mass is 35.5. The maximum atomic E-state index is 6.12. The molecule has 5 nitrogen and oxygen atoms in total. The molecule has 0 saturated heterocycles. The Morgan fingerprint density at radius 3 is 2.62 bits per heavy atom. The molecule has 0 radical (unpaired) electrons. The largest absolute Gasteiger partial charge is 0.369 e. The lowest BCUT2D eigenvalue weighted by atomic mass is 10.3. The molecule has 0 fully saturated rings. The molecule has 1 heterocycles. The Balaban J connectivity index is 2.05. The maximum absolute atomic E-state index is 6.12. The minimum Gasteiger partial charge on any atom is -0.369 e. The van der Waals surface area contributed by atoms with Gasteiger partial charge < -0.3 is 15.5 Å². The van der Waals surface area contributed by atoms with E-state index in [2.05, 4.69) is 25.5 Å². The Labute approximate surface area is 134 Å². The predicted molar refractivity (Wildman–Crippen MR) is 88.8 cm³/mol. The topological polar surface area (TPSA) is 53.1 Å². The van der Waals surface area contributed by atoms with Crippen LogP contribution < -0.4 is 10.6 Å². The molecule has 0 aliphatic carbocycles. The molecule has 0 aliphatic heterocycles. The van der Waals surface area contributed by atoms with E-state index in [1.807, 2.05) is 20.2 Å². The van der Waals surface area contributed by atoms with Crippen molar-refractivity contribution in [3.8, 4) is 0 Å². The molecule has 112 valence electrons. The molecule has 0 atom stereocenters. The van der Waals surface area contributed by atoms with Crippen LogP contribution in [0.1, 0.15) is 0 Å². The molecule has 0 spiro atoms. The van der Waals surface area contributed by atoms with E-state index in [-0.39, 0.29) is 0 Å². The zero-order chi connectivity index (χ0) is 15.2. The summed E-state index contributed by atoms with van der Waals surface area (Å²) in [6.07, 6.45) is 1.50. The van der Waals surface area contributed by atoms with Crippen LogP contribution in [-0.2, 0) is 0 Å². The number of aromatic nitrogens is 2. The smallest absolute Gasteiger partial charge is 0.135 e. The average Bonchev–Trinajstić information content (AvgIpc) is 2.43. The normalized spacial score (nSPS) is 10.7. The van der Waals surface area contributed by atoms with Gasteiger partial charge in [0.1, 0.15) is 18.0 Å². The minimum atomic E-state index is 0.583. The van der Waals surface area contributed by atoms with Gasteiger partial charge in [0.15, 0.2) is 0 Å². The molecule has 1 aromatic heterocycles. The van der Waals surface area contributed by atoms with Crippen molar-refractivity contribution in [2.24, 2.45) is 0 Å². The standard InChI is InChI=1S/C14H17Cl2N5/c1-21(2)6-5-17-13-8-14(19-9-18-13)20-12-7-10(15)3-4-11(12)16/h3-4,7-9H,5-6H2,1-2H3,(H2,17,18,19,20). The number of hydrogen-bond acceptors (Lipinski definition) is 5. The highest BCUT2D eigenvalue weighted by Crippen LogP contribution is 2.28. The molecule has 0 saturated carbocycles. The number of anilines is 3. The van der Waals surface area contributed by atoms with E-state index < -0.39 is 0 Å². The van der Waals surface area contributed by atoms with Gasteiger partial charge in [0.05, 0.1) is 10.7 Å². The number of nitrogens with zero attached hydrogens (tertiary/aromatic N) is 3. The zero-order valence-corrected chi connectivity index (χ0v) is 13.4. The van der Waals surface area contributed by atoms with E-state index in [1.165, 1.54) is 6.33 Å². The van der Waals surface area contributed by atoms with Crippen LogP contribution in [0.2, 0.25) is 10.0 Å². The van der Waals surface area contributed by atoms with Crippen molar-refractivity contribution in [1.29, 1.82) is 0 Å². The van der Waals surface area contributed by atoms with Crippen molar-refractivity contribution < 1.29 is 0 Å². The Kier molecular flexibility index (Phi) is 5.61. The lowest BCUT2D eigenvalue weighted by Gasteiger charge is -2.12. The highest BCUT2D eigenvalue weighted by Gasteiger charge is 2.04.